The molecule has 0 spiro atoms. The van der Waals surface area contributed by atoms with Crippen molar-refractivity contribution in [3.63, 3.8) is 0 Å². The first-order valence-corrected chi connectivity index (χ1v) is 7.13. The van der Waals surface area contributed by atoms with Crippen molar-refractivity contribution < 1.29 is 4.39 Å². The van der Waals surface area contributed by atoms with E-state index in [0.717, 1.165) is 38.2 Å². The van der Waals surface area contributed by atoms with Crippen molar-refractivity contribution in [2.24, 2.45) is 0 Å². The summed E-state index contributed by atoms with van der Waals surface area (Å²) in [6, 6.07) is 6.64. The predicted molar refractivity (Wildman–Crippen MR) is 80.9 cm³/mol. The fraction of sp³-hybridized carbons (Fsp3) is 0.500. The molecule has 0 radical (unpaired) electrons. The Labute approximate surface area is 119 Å². The number of hydrogen-bond acceptors (Lipinski definition) is 2. The van der Waals surface area contributed by atoms with Gasteiger partial charge in [0, 0.05) is 24.8 Å². The van der Waals surface area contributed by atoms with E-state index in [2.05, 4.69) is 22.5 Å². The monoisotopic (exact) mass is 281 g/mol. The Balaban J connectivity index is 1.77. The third-order valence-electron chi connectivity index (χ3n) is 3.47. The number of piperidine rings is 1. The molecule has 2 N–H and O–H groups in total. The molecule has 0 aromatic heterocycles. The van der Waals surface area contributed by atoms with E-state index in [0.29, 0.717) is 11.2 Å². The van der Waals surface area contributed by atoms with Crippen LogP contribution in [-0.2, 0) is 0 Å². The average Bonchev–Trinajstić information content (AvgIpc) is 2.42. The van der Waals surface area contributed by atoms with Crippen LogP contribution in [0, 0.1) is 5.82 Å². The van der Waals surface area contributed by atoms with Gasteiger partial charge in [-0.25, -0.2) is 4.39 Å². The van der Waals surface area contributed by atoms with Crippen molar-refractivity contribution in [3.8, 4) is 0 Å². The molecule has 1 aliphatic rings. The maximum Gasteiger partial charge on any atom is 0.170 e. The van der Waals surface area contributed by atoms with Crippen LogP contribution >= 0.6 is 12.2 Å². The lowest BCUT2D eigenvalue weighted by atomic mass is 10.1. The molecule has 1 fully saturated rings. The normalized spacial score (nSPS) is 17.2. The van der Waals surface area contributed by atoms with E-state index in [1.54, 1.807) is 12.1 Å². The Bertz CT molecular complexity index is 413. The summed E-state index contributed by atoms with van der Waals surface area (Å²) < 4.78 is 12.8. The second-order valence-electron chi connectivity index (χ2n) is 4.81. The van der Waals surface area contributed by atoms with Gasteiger partial charge in [0.15, 0.2) is 5.11 Å². The van der Waals surface area contributed by atoms with Crippen LogP contribution in [0.1, 0.15) is 19.8 Å². The molecule has 0 atom stereocenters. The molecule has 1 aromatic carbocycles. The highest BCUT2D eigenvalue weighted by molar-refractivity contribution is 7.80. The maximum atomic E-state index is 12.8. The van der Waals surface area contributed by atoms with Crippen LogP contribution in [0.25, 0.3) is 0 Å². The molecule has 2 rings (SSSR count). The van der Waals surface area contributed by atoms with Gasteiger partial charge in [0.2, 0.25) is 0 Å². The average molecular weight is 281 g/mol. The topological polar surface area (TPSA) is 27.3 Å². The van der Waals surface area contributed by atoms with E-state index < -0.39 is 0 Å². The number of hydrogen-bond donors (Lipinski definition) is 2. The van der Waals surface area contributed by atoms with Crippen LogP contribution in [-0.4, -0.2) is 35.7 Å². The summed E-state index contributed by atoms with van der Waals surface area (Å²) in [6.07, 6.45) is 2.22. The van der Waals surface area contributed by atoms with Crippen LogP contribution in [0.4, 0.5) is 10.1 Å². The first-order chi connectivity index (χ1) is 9.17. The Morgan fingerprint density at radius 1 is 1.32 bits per heavy atom. The standard InChI is InChI=1S/C14H20FN3S/c1-2-18-9-7-13(8-10-18)17-14(19)16-12-5-3-11(15)4-6-12/h3-6,13H,2,7-10H2,1H3,(H2,16,17,19). The third-order valence-corrected chi connectivity index (χ3v) is 3.69. The Kier molecular flexibility index (Phi) is 5.10. The Morgan fingerprint density at radius 2 is 1.95 bits per heavy atom. The number of rotatable bonds is 3. The summed E-state index contributed by atoms with van der Waals surface area (Å²) in [7, 11) is 0. The van der Waals surface area contributed by atoms with Gasteiger partial charge in [-0.3, -0.25) is 0 Å². The van der Waals surface area contributed by atoms with Gasteiger partial charge in [-0.05, 0) is 55.9 Å². The molecule has 0 bridgehead atoms. The van der Waals surface area contributed by atoms with Gasteiger partial charge in [0.1, 0.15) is 5.82 Å². The molecule has 1 heterocycles. The quantitative estimate of drug-likeness (QED) is 0.833. The molecule has 104 valence electrons. The minimum Gasteiger partial charge on any atom is -0.360 e. The highest BCUT2D eigenvalue weighted by Gasteiger charge is 2.18. The number of nitrogens with one attached hydrogen (secondary N) is 2. The highest BCUT2D eigenvalue weighted by Crippen LogP contribution is 2.11. The van der Waals surface area contributed by atoms with E-state index >= 15 is 0 Å². The summed E-state index contributed by atoms with van der Waals surface area (Å²) >= 11 is 5.28. The zero-order valence-corrected chi connectivity index (χ0v) is 12.0. The van der Waals surface area contributed by atoms with Crippen molar-refractivity contribution in [3.05, 3.63) is 30.1 Å². The molecule has 5 heteroatoms. The van der Waals surface area contributed by atoms with Crippen molar-refractivity contribution in [1.82, 2.24) is 10.2 Å². The first-order valence-electron chi connectivity index (χ1n) is 6.73. The predicted octanol–water partition coefficient (Wildman–Crippen LogP) is 2.60. The van der Waals surface area contributed by atoms with Gasteiger partial charge < -0.3 is 15.5 Å². The van der Waals surface area contributed by atoms with Crippen molar-refractivity contribution in [2.75, 3.05) is 25.0 Å². The van der Waals surface area contributed by atoms with Gasteiger partial charge in [-0.1, -0.05) is 6.92 Å². The van der Waals surface area contributed by atoms with Crippen LogP contribution in [0.5, 0.6) is 0 Å². The van der Waals surface area contributed by atoms with Gasteiger partial charge in [-0.15, -0.1) is 0 Å². The molecule has 3 nitrogen and oxygen atoms in total. The number of likely N-dealkylation sites (tertiary alicyclic amines) is 1. The lowest BCUT2D eigenvalue weighted by Crippen LogP contribution is -2.45. The molecular weight excluding hydrogens is 261 g/mol. The summed E-state index contributed by atoms with van der Waals surface area (Å²) in [4.78, 5) is 2.44. The number of thiocarbonyl (C=S) groups is 1. The summed E-state index contributed by atoms with van der Waals surface area (Å²) in [6.45, 7) is 5.54. The van der Waals surface area contributed by atoms with Crippen LogP contribution < -0.4 is 10.6 Å². The van der Waals surface area contributed by atoms with Crippen molar-refractivity contribution in [2.45, 2.75) is 25.8 Å². The van der Waals surface area contributed by atoms with Gasteiger partial charge in [0.05, 0.1) is 0 Å². The van der Waals surface area contributed by atoms with Crippen molar-refractivity contribution in [1.29, 1.82) is 0 Å². The number of anilines is 1. The minimum absolute atomic E-state index is 0.239. The Hall–Kier alpha value is -1.20. The van der Waals surface area contributed by atoms with Crippen LogP contribution in [0.2, 0.25) is 0 Å². The highest BCUT2D eigenvalue weighted by atomic mass is 32.1. The summed E-state index contributed by atoms with van der Waals surface area (Å²) in [5.74, 6) is -0.239. The van der Waals surface area contributed by atoms with E-state index in [4.69, 9.17) is 12.2 Å². The number of nitrogens with zero attached hydrogens (tertiary/aromatic N) is 1. The van der Waals surface area contributed by atoms with Gasteiger partial charge in [0.25, 0.3) is 0 Å². The minimum atomic E-state index is -0.239. The fourth-order valence-corrected chi connectivity index (χ4v) is 2.56. The Morgan fingerprint density at radius 3 is 2.53 bits per heavy atom. The molecule has 0 unspecified atom stereocenters. The first kappa shape index (κ1) is 14.2. The summed E-state index contributed by atoms with van der Waals surface area (Å²) in [5, 5.41) is 7.02. The van der Waals surface area contributed by atoms with Crippen LogP contribution in [0.15, 0.2) is 24.3 Å². The molecular formula is C14H20FN3S. The van der Waals surface area contributed by atoms with E-state index in [1.165, 1.54) is 12.1 Å². The number of halogens is 1. The molecule has 0 amide bonds. The van der Waals surface area contributed by atoms with E-state index in [-0.39, 0.29) is 5.82 Å². The second kappa shape index (κ2) is 6.82. The smallest absolute Gasteiger partial charge is 0.170 e. The van der Waals surface area contributed by atoms with E-state index in [9.17, 15) is 4.39 Å². The lowest BCUT2D eigenvalue weighted by Gasteiger charge is -2.32. The molecule has 1 saturated heterocycles. The third kappa shape index (κ3) is 4.44. The van der Waals surface area contributed by atoms with Crippen LogP contribution in [0.3, 0.4) is 0 Å². The largest absolute Gasteiger partial charge is 0.360 e. The second-order valence-corrected chi connectivity index (χ2v) is 5.22. The lowest BCUT2D eigenvalue weighted by molar-refractivity contribution is 0.216. The zero-order chi connectivity index (χ0) is 13.7. The summed E-state index contributed by atoms with van der Waals surface area (Å²) in [5.41, 5.74) is 0.810. The number of benzene rings is 1. The zero-order valence-electron chi connectivity index (χ0n) is 11.2. The van der Waals surface area contributed by atoms with E-state index in [1.807, 2.05) is 0 Å². The molecule has 1 aromatic rings. The van der Waals surface area contributed by atoms with Crippen molar-refractivity contribution >= 4 is 23.0 Å². The fourth-order valence-electron chi connectivity index (χ4n) is 2.28. The molecule has 19 heavy (non-hydrogen) atoms. The van der Waals surface area contributed by atoms with Gasteiger partial charge in [-0.2, -0.15) is 0 Å². The SMILES string of the molecule is CCN1CCC(NC(=S)Nc2ccc(F)cc2)CC1. The molecule has 0 saturated carbocycles. The molecule has 1 aliphatic heterocycles. The molecule has 0 aliphatic carbocycles. The van der Waals surface area contributed by atoms with Gasteiger partial charge >= 0.3 is 0 Å². The maximum absolute atomic E-state index is 12.8.